The summed E-state index contributed by atoms with van der Waals surface area (Å²) >= 11 is 0. The fraction of sp³-hybridized carbons (Fsp3) is 0.333. The van der Waals surface area contributed by atoms with Crippen molar-refractivity contribution in [1.29, 1.82) is 0 Å². The summed E-state index contributed by atoms with van der Waals surface area (Å²) in [7, 11) is 0. The molecule has 0 aliphatic heterocycles. The van der Waals surface area contributed by atoms with Crippen molar-refractivity contribution in [2.24, 2.45) is 0 Å². The molecule has 22 heavy (non-hydrogen) atoms. The molecule has 0 spiro atoms. The van der Waals surface area contributed by atoms with Crippen LogP contribution in [0.25, 0.3) is 16.7 Å². The van der Waals surface area contributed by atoms with Gasteiger partial charge in [-0.3, -0.25) is 0 Å². The van der Waals surface area contributed by atoms with Gasteiger partial charge in [-0.15, -0.1) is 0 Å². The SMILES string of the molecule is CCC1CC=C(C[O])c2c1ccc1c2CCc2ccccc2-1. The largest absolute Gasteiger partial charge is 0.232 e. The number of fused-ring (bicyclic) bond motifs is 5. The van der Waals surface area contributed by atoms with Crippen LogP contribution >= 0.6 is 0 Å². The number of aryl methyl sites for hydroxylation is 1. The molecule has 0 amide bonds. The van der Waals surface area contributed by atoms with E-state index < -0.39 is 0 Å². The summed E-state index contributed by atoms with van der Waals surface area (Å²) in [6, 6.07) is 13.3. The minimum atomic E-state index is -0.0957. The highest BCUT2D eigenvalue weighted by atomic mass is 16.3. The van der Waals surface area contributed by atoms with E-state index in [1.165, 1.54) is 33.4 Å². The van der Waals surface area contributed by atoms with Gasteiger partial charge in [0.1, 0.15) is 6.61 Å². The second-order valence-electron chi connectivity index (χ2n) is 6.43. The molecule has 2 aromatic carbocycles. The Morgan fingerprint density at radius 2 is 1.91 bits per heavy atom. The zero-order valence-corrected chi connectivity index (χ0v) is 13.1. The van der Waals surface area contributed by atoms with E-state index in [9.17, 15) is 5.11 Å². The monoisotopic (exact) mass is 289 g/mol. The van der Waals surface area contributed by atoms with Gasteiger partial charge in [-0.1, -0.05) is 49.4 Å². The summed E-state index contributed by atoms with van der Waals surface area (Å²) in [5.41, 5.74) is 9.28. The Kier molecular flexibility index (Phi) is 3.38. The topological polar surface area (TPSA) is 19.9 Å². The summed E-state index contributed by atoms with van der Waals surface area (Å²) in [5, 5.41) is 11.7. The molecule has 2 aromatic rings. The van der Waals surface area contributed by atoms with Gasteiger partial charge in [-0.25, -0.2) is 5.11 Å². The smallest absolute Gasteiger partial charge is 0.108 e. The summed E-state index contributed by atoms with van der Waals surface area (Å²) in [6.45, 7) is 2.15. The molecule has 4 rings (SSSR count). The highest BCUT2D eigenvalue weighted by Gasteiger charge is 2.27. The molecule has 0 fully saturated rings. The molecule has 0 bridgehead atoms. The predicted octanol–water partition coefficient (Wildman–Crippen LogP) is 5.16. The van der Waals surface area contributed by atoms with Crippen LogP contribution in [0.15, 0.2) is 42.5 Å². The van der Waals surface area contributed by atoms with Crippen molar-refractivity contribution in [2.75, 3.05) is 6.61 Å². The lowest BCUT2D eigenvalue weighted by molar-refractivity contribution is 0.238. The molecule has 0 heterocycles. The zero-order valence-electron chi connectivity index (χ0n) is 13.1. The van der Waals surface area contributed by atoms with E-state index in [0.29, 0.717) is 5.92 Å². The van der Waals surface area contributed by atoms with E-state index in [2.05, 4.69) is 49.4 Å². The maximum Gasteiger partial charge on any atom is 0.108 e. The van der Waals surface area contributed by atoms with Gasteiger partial charge in [-0.2, -0.15) is 0 Å². The third-order valence-electron chi connectivity index (χ3n) is 5.36. The van der Waals surface area contributed by atoms with Crippen LogP contribution in [-0.2, 0) is 17.9 Å². The standard InChI is InChI=1S/C21H21O/c1-2-14-7-8-16(13-22)21-18(14)11-12-19-17-6-4-3-5-15(17)9-10-20(19)21/h3-6,8,11-12,14H,2,7,9-10,13H2,1H3. The fourth-order valence-electron chi connectivity index (χ4n) is 4.19. The van der Waals surface area contributed by atoms with Gasteiger partial charge in [0, 0.05) is 0 Å². The van der Waals surface area contributed by atoms with Crippen LogP contribution in [0, 0.1) is 0 Å². The van der Waals surface area contributed by atoms with Crippen molar-refractivity contribution in [2.45, 2.75) is 38.5 Å². The average Bonchev–Trinajstić information content (AvgIpc) is 2.60. The van der Waals surface area contributed by atoms with Gasteiger partial charge >= 0.3 is 0 Å². The predicted molar refractivity (Wildman–Crippen MR) is 90.5 cm³/mol. The summed E-state index contributed by atoms with van der Waals surface area (Å²) in [6.07, 6.45) is 6.51. The first kappa shape index (κ1) is 13.8. The van der Waals surface area contributed by atoms with Gasteiger partial charge in [0.25, 0.3) is 0 Å². The van der Waals surface area contributed by atoms with Crippen molar-refractivity contribution in [1.82, 2.24) is 0 Å². The maximum absolute atomic E-state index is 11.7. The molecule has 111 valence electrons. The second kappa shape index (κ2) is 5.40. The summed E-state index contributed by atoms with van der Waals surface area (Å²) in [4.78, 5) is 0. The van der Waals surface area contributed by atoms with Crippen LogP contribution in [0.4, 0.5) is 0 Å². The van der Waals surface area contributed by atoms with Crippen LogP contribution in [0.5, 0.6) is 0 Å². The van der Waals surface area contributed by atoms with E-state index in [0.717, 1.165) is 31.3 Å². The normalized spacial score (nSPS) is 19.0. The Balaban J connectivity index is 1.97. The molecule has 2 aliphatic rings. The molecular weight excluding hydrogens is 268 g/mol. The lowest BCUT2D eigenvalue weighted by Crippen LogP contribution is -2.14. The molecular formula is C21H21O. The zero-order chi connectivity index (χ0) is 15.1. The van der Waals surface area contributed by atoms with Gasteiger partial charge in [0.15, 0.2) is 0 Å². The quantitative estimate of drug-likeness (QED) is 0.727. The van der Waals surface area contributed by atoms with E-state index >= 15 is 0 Å². The summed E-state index contributed by atoms with van der Waals surface area (Å²) < 4.78 is 0. The Hall–Kier alpha value is -1.86. The number of hydrogen-bond donors (Lipinski definition) is 0. The van der Waals surface area contributed by atoms with E-state index in [1.54, 1.807) is 0 Å². The first-order valence-electron chi connectivity index (χ1n) is 8.35. The number of benzene rings is 2. The van der Waals surface area contributed by atoms with Crippen molar-refractivity contribution in [3.05, 3.63) is 64.7 Å². The van der Waals surface area contributed by atoms with Crippen molar-refractivity contribution in [3.8, 4) is 11.1 Å². The third-order valence-corrected chi connectivity index (χ3v) is 5.36. The number of hydrogen-bond acceptors (Lipinski definition) is 0. The van der Waals surface area contributed by atoms with Crippen molar-refractivity contribution < 1.29 is 5.11 Å². The Morgan fingerprint density at radius 1 is 1.05 bits per heavy atom. The third kappa shape index (κ3) is 1.96. The maximum atomic E-state index is 11.7. The first-order valence-corrected chi connectivity index (χ1v) is 8.35. The molecule has 0 saturated heterocycles. The molecule has 1 radical (unpaired) electrons. The lowest BCUT2D eigenvalue weighted by atomic mass is 9.74. The van der Waals surface area contributed by atoms with E-state index in [1.807, 2.05) is 0 Å². The average molecular weight is 289 g/mol. The van der Waals surface area contributed by atoms with Gasteiger partial charge in [0.05, 0.1) is 0 Å². The van der Waals surface area contributed by atoms with Gasteiger partial charge in [0.2, 0.25) is 0 Å². The van der Waals surface area contributed by atoms with Crippen molar-refractivity contribution in [3.63, 3.8) is 0 Å². The molecule has 0 saturated carbocycles. The van der Waals surface area contributed by atoms with Gasteiger partial charge < -0.3 is 0 Å². The van der Waals surface area contributed by atoms with Crippen LogP contribution in [0.1, 0.15) is 47.9 Å². The van der Waals surface area contributed by atoms with Crippen LogP contribution in [0.3, 0.4) is 0 Å². The molecule has 1 unspecified atom stereocenters. The molecule has 0 N–H and O–H groups in total. The Morgan fingerprint density at radius 3 is 2.73 bits per heavy atom. The van der Waals surface area contributed by atoms with Crippen LogP contribution in [0.2, 0.25) is 0 Å². The highest BCUT2D eigenvalue weighted by molar-refractivity contribution is 5.83. The molecule has 2 aliphatic carbocycles. The molecule has 1 heteroatoms. The minimum absolute atomic E-state index is 0.0957. The fourth-order valence-corrected chi connectivity index (χ4v) is 4.19. The van der Waals surface area contributed by atoms with Gasteiger partial charge in [-0.05, 0) is 70.6 Å². The molecule has 1 atom stereocenters. The minimum Gasteiger partial charge on any atom is -0.232 e. The van der Waals surface area contributed by atoms with E-state index in [-0.39, 0.29) is 6.61 Å². The van der Waals surface area contributed by atoms with Crippen LogP contribution < -0.4 is 0 Å². The Labute approximate surface area is 132 Å². The number of allylic oxidation sites excluding steroid dienone is 1. The van der Waals surface area contributed by atoms with E-state index in [4.69, 9.17) is 0 Å². The Bertz CT molecular complexity index is 754. The summed E-state index contributed by atoms with van der Waals surface area (Å²) in [5.74, 6) is 0.577. The molecule has 0 aromatic heterocycles. The number of rotatable bonds is 2. The highest BCUT2D eigenvalue weighted by Crippen LogP contribution is 2.44. The second-order valence-corrected chi connectivity index (χ2v) is 6.43. The first-order chi connectivity index (χ1) is 10.8. The lowest BCUT2D eigenvalue weighted by Gasteiger charge is -2.30. The molecule has 1 nitrogen and oxygen atoms in total. The van der Waals surface area contributed by atoms with Crippen LogP contribution in [-0.4, -0.2) is 6.61 Å². The van der Waals surface area contributed by atoms with Crippen molar-refractivity contribution >= 4 is 5.57 Å².